The van der Waals surface area contributed by atoms with Crippen LogP contribution in [0.15, 0.2) is 51.4 Å². The molecule has 6 nitrogen and oxygen atoms in total. The Morgan fingerprint density at radius 2 is 2.07 bits per heavy atom. The Morgan fingerprint density at radius 1 is 1.21 bits per heavy atom. The number of benzene rings is 1. The maximum Gasteiger partial charge on any atom is 0.374 e. The number of ether oxygens (including phenoxy) is 1. The van der Waals surface area contributed by atoms with Crippen molar-refractivity contribution in [3.63, 3.8) is 0 Å². The zero-order chi connectivity index (χ0) is 19.5. The van der Waals surface area contributed by atoms with E-state index in [-0.39, 0.29) is 5.76 Å². The number of carbonyl (C=O) groups is 1. The third-order valence-corrected chi connectivity index (χ3v) is 6.14. The van der Waals surface area contributed by atoms with Crippen molar-refractivity contribution < 1.29 is 13.9 Å². The van der Waals surface area contributed by atoms with Gasteiger partial charge in [0.15, 0.2) is 11.0 Å². The van der Waals surface area contributed by atoms with E-state index < -0.39 is 5.97 Å². The fourth-order valence-electron chi connectivity index (χ4n) is 3.01. The van der Waals surface area contributed by atoms with Crippen molar-refractivity contribution in [2.45, 2.75) is 31.3 Å². The highest BCUT2D eigenvalue weighted by Gasteiger charge is 2.23. The van der Waals surface area contributed by atoms with Gasteiger partial charge in [-0.3, -0.25) is 0 Å². The molecule has 144 valence electrons. The molecular weight excluding hydrogens is 394 g/mol. The van der Waals surface area contributed by atoms with E-state index in [0.717, 1.165) is 33.4 Å². The standard InChI is InChI=1S/C20H19N3O3S2/c1-3-23-18(16-10-7-11-27-16)21-22-20(23)28-12-14-13-8-5-6-9-15(13)26-17(14)19(24)25-4-2/h5-11H,3-4,12H2,1-2H3. The van der Waals surface area contributed by atoms with Gasteiger partial charge in [0.25, 0.3) is 0 Å². The molecule has 1 aromatic carbocycles. The lowest BCUT2D eigenvalue weighted by Crippen LogP contribution is -2.06. The third kappa shape index (κ3) is 3.45. The molecule has 0 amide bonds. The van der Waals surface area contributed by atoms with E-state index in [9.17, 15) is 4.79 Å². The summed E-state index contributed by atoms with van der Waals surface area (Å²) in [6.07, 6.45) is 0. The summed E-state index contributed by atoms with van der Waals surface area (Å²) in [6, 6.07) is 11.7. The van der Waals surface area contributed by atoms with Crippen LogP contribution < -0.4 is 0 Å². The second-order valence-corrected chi connectivity index (χ2v) is 7.83. The summed E-state index contributed by atoms with van der Waals surface area (Å²) in [5.41, 5.74) is 1.50. The number of hydrogen-bond acceptors (Lipinski definition) is 7. The van der Waals surface area contributed by atoms with E-state index in [1.807, 2.05) is 41.8 Å². The Labute approximate surface area is 170 Å². The minimum Gasteiger partial charge on any atom is -0.460 e. The van der Waals surface area contributed by atoms with Crippen LogP contribution in [0.4, 0.5) is 0 Å². The van der Waals surface area contributed by atoms with Crippen molar-refractivity contribution >= 4 is 40.0 Å². The number of para-hydroxylation sites is 1. The molecule has 0 fully saturated rings. The molecule has 0 spiro atoms. The summed E-state index contributed by atoms with van der Waals surface area (Å²) >= 11 is 3.18. The molecule has 0 aliphatic heterocycles. The fourth-order valence-corrected chi connectivity index (χ4v) is 4.76. The second-order valence-electron chi connectivity index (χ2n) is 5.94. The molecule has 3 heterocycles. The second kappa shape index (κ2) is 8.20. The van der Waals surface area contributed by atoms with Crippen molar-refractivity contribution in [2.75, 3.05) is 6.61 Å². The quantitative estimate of drug-likeness (QED) is 0.305. The molecule has 0 bridgehead atoms. The van der Waals surface area contributed by atoms with Gasteiger partial charge in [-0.25, -0.2) is 4.79 Å². The van der Waals surface area contributed by atoms with E-state index >= 15 is 0 Å². The van der Waals surface area contributed by atoms with Gasteiger partial charge in [-0.15, -0.1) is 21.5 Å². The number of fused-ring (bicyclic) bond motifs is 1. The molecule has 4 rings (SSSR count). The minimum atomic E-state index is -0.439. The Bertz CT molecular complexity index is 1100. The van der Waals surface area contributed by atoms with E-state index in [0.29, 0.717) is 17.9 Å². The van der Waals surface area contributed by atoms with Gasteiger partial charge in [-0.2, -0.15) is 0 Å². The summed E-state index contributed by atoms with van der Waals surface area (Å²) in [5.74, 6) is 1.22. The average molecular weight is 414 g/mol. The highest BCUT2D eigenvalue weighted by molar-refractivity contribution is 7.98. The van der Waals surface area contributed by atoms with Crippen LogP contribution in [0.25, 0.3) is 21.7 Å². The molecule has 0 saturated heterocycles. The number of rotatable bonds is 7. The number of aromatic nitrogens is 3. The number of furan rings is 1. The van der Waals surface area contributed by atoms with Crippen molar-refractivity contribution in [3.8, 4) is 10.7 Å². The highest BCUT2D eigenvalue weighted by atomic mass is 32.2. The Morgan fingerprint density at radius 3 is 2.82 bits per heavy atom. The largest absolute Gasteiger partial charge is 0.460 e. The van der Waals surface area contributed by atoms with Crippen molar-refractivity contribution in [3.05, 3.63) is 53.1 Å². The monoisotopic (exact) mass is 413 g/mol. The zero-order valence-electron chi connectivity index (χ0n) is 15.5. The van der Waals surface area contributed by atoms with Gasteiger partial charge in [0, 0.05) is 23.2 Å². The van der Waals surface area contributed by atoms with E-state index in [4.69, 9.17) is 9.15 Å². The number of carbonyl (C=O) groups excluding carboxylic acids is 1. The molecule has 0 aliphatic rings. The highest BCUT2D eigenvalue weighted by Crippen LogP contribution is 2.33. The molecule has 0 radical (unpaired) electrons. The van der Waals surface area contributed by atoms with Crippen LogP contribution >= 0.6 is 23.1 Å². The Kier molecular flexibility index (Phi) is 5.50. The van der Waals surface area contributed by atoms with Gasteiger partial charge in [-0.05, 0) is 31.4 Å². The summed E-state index contributed by atoms with van der Waals surface area (Å²) in [7, 11) is 0. The molecule has 0 atom stereocenters. The predicted octanol–water partition coefficient (Wildman–Crippen LogP) is 5.24. The zero-order valence-corrected chi connectivity index (χ0v) is 17.2. The first-order chi connectivity index (χ1) is 13.7. The lowest BCUT2D eigenvalue weighted by molar-refractivity contribution is 0.0491. The maximum atomic E-state index is 12.4. The van der Waals surface area contributed by atoms with Crippen LogP contribution in [-0.2, 0) is 17.0 Å². The number of hydrogen-bond donors (Lipinski definition) is 0. The molecule has 0 unspecified atom stereocenters. The topological polar surface area (TPSA) is 70.2 Å². The fraction of sp³-hybridized carbons (Fsp3) is 0.250. The van der Waals surface area contributed by atoms with Gasteiger partial charge in [-0.1, -0.05) is 36.0 Å². The van der Waals surface area contributed by atoms with Crippen molar-refractivity contribution in [2.24, 2.45) is 0 Å². The van der Waals surface area contributed by atoms with Crippen LogP contribution in [0.1, 0.15) is 30.0 Å². The Balaban J connectivity index is 1.66. The first-order valence-corrected chi connectivity index (χ1v) is 10.9. The van der Waals surface area contributed by atoms with Gasteiger partial charge in [0.2, 0.25) is 5.76 Å². The van der Waals surface area contributed by atoms with Gasteiger partial charge >= 0.3 is 5.97 Å². The number of esters is 1. The lowest BCUT2D eigenvalue weighted by atomic mass is 10.1. The molecular formula is C20H19N3O3S2. The number of thiophene rings is 1. The van der Waals surface area contributed by atoms with Gasteiger partial charge < -0.3 is 13.7 Å². The van der Waals surface area contributed by atoms with Gasteiger partial charge in [0.1, 0.15) is 5.58 Å². The predicted molar refractivity (Wildman–Crippen MR) is 111 cm³/mol. The first kappa shape index (κ1) is 18.8. The Hall–Kier alpha value is -2.58. The third-order valence-electron chi connectivity index (χ3n) is 4.28. The number of thioether (sulfide) groups is 1. The van der Waals surface area contributed by atoms with Crippen LogP contribution in [0.3, 0.4) is 0 Å². The minimum absolute atomic E-state index is 0.261. The van der Waals surface area contributed by atoms with Crippen LogP contribution in [0, 0.1) is 0 Å². The molecule has 4 aromatic rings. The van der Waals surface area contributed by atoms with Crippen molar-refractivity contribution in [1.82, 2.24) is 14.8 Å². The number of nitrogens with zero attached hydrogens (tertiary/aromatic N) is 3. The lowest BCUT2D eigenvalue weighted by Gasteiger charge is -2.06. The van der Waals surface area contributed by atoms with Crippen LogP contribution in [0.2, 0.25) is 0 Å². The van der Waals surface area contributed by atoms with E-state index in [1.54, 1.807) is 18.3 Å². The van der Waals surface area contributed by atoms with Crippen molar-refractivity contribution in [1.29, 1.82) is 0 Å². The van der Waals surface area contributed by atoms with E-state index in [1.165, 1.54) is 11.8 Å². The van der Waals surface area contributed by atoms with Crippen LogP contribution in [0.5, 0.6) is 0 Å². The normalized spacial score (nSPS) is 11.2. The molecule has 0 saturated carbocycles. The van der Waals surface area contributed by atoms with Crippen LogP contribution in [-0.4, -0.2) is 27.3 Å². The molecule has 0 aliphatic carbocycles. The summed E-state index contributed by atoms with van der Waals surface area (Å²) in [5, 5.41) is 12.5. The molecule has 28 heavy (non-hydrogen) atoms. The summed E-state index contributed by atoms with van der Waals surface area (Å²) in [6.45, 7) is 4.92. The summed E-state index contributed by atoms with van der Waals surface area (Å²) < 4.78 is 13.1. The van der Waals surface area contributed by atoms with E-state index in [2.05, 4.69) is 21.7 Å². The maximum absolute atomic E-state index is 12.4. The molecule has 3 aromatic heterocycles. The summed E-state index contributed by atoms with van der Waals surface area (Å²) in [4.78, 5) is 13.5. The molecule has 0 N–H and O–H groups in total. The average Bonchev–Trinajstić information content (AvgIpc) is 3.43. The smallest absolute Gasteiger partial charge is 0.374 e. The van der Waals surface area contributed by atoms with Gasteiger partial charge in [0.05, 0.1) is 11.5 Å². The first-order valence-electron chi connectivity index (χ1n) is 9.00. The molecule has 8 heteroatoms. The SMILES string of the molecule is CCOC(=O)c1oc2ccccc2c1CSc1nnc(-c2cccs2)n1CC.